The quantitative estimate of drug-likeness (QED) is 0.250. The molecule has 0 bridgehead atoms. The van der Waals surface area contributed by atoms with E-state index in [1.807, 2.05) is 30.3 Å². The number of hydrogen-bond donors (Lipinski definition) is 3. The van der Waals surface area contributed by atoms with Gasteiger partial charge in [-0.05, 0) is 24.3 Å². The second-order valence-corrected chi connectivity index (χ2v) is 8.28. The van der Waals surface area contributed by atoms with Gasteiger partial charge in [0.1, 0.15) is 5.82 Å². The Morgan fingerprint density at radius 2 is 1.88 bits per heavy atom. The Hall–Kier alpha value is -4.26. The van der Waals surface area contributed by atoms with Gasteiger partial charge in [-0.15, -0.1) is 10.2 Å². The van der Waals surface area contributed by atoms with Gasteiger partial charge in [0.15, 0.2) is 5.16 Å². The standard InChI is InChI=1S/C21H19N7O5S/c29-18-11-14(23-20(31)24-18)10-17-25-26-21(27(17)15-4-2-1-3-5-15)34-12-19(30)22-13-6-8-16(9-7-13)28(32)33/h1-9,14H,10-12H2,(H,22,30)(H2,23,24,29,31). The molecule has 0 radical (unpaired) electrons. The minimum absolute atomic E-state index is 0.0184. The number of carbonyl (C=O) groups is 3. The van der Waals surface area contributed by atoms with Crippen molar-refractivity contribution in [1.29, 1.82) is 0 Å². The van der Waals surface area contributed by atoms with Crippen molar-refractivity contribution in [1.82, 2.24) is 25.4 Å². The lowest BCUT2D eigenvalue weighted by Gasteiger charge is -2.23. The molecule has 3 aromatic rings. The summed E-state index contributed by atoms with van der Waals surface area (Å²) in [6.45, 7) is 0. The summed E-state index contributed by atoms with van der Waals surface area (Å²) >= 11 is 1.16. The highest BCUT2D eigenvalue weighted by Gasteiger charge is 2.27. The molecule has 3 N–H and O–H groups in total. The minimum Gasteiger partial charge on any atom is -0.334 e. The number of hydrogen-bond acceptors (Lipinski definition) is 8. The zero-order valence-electron chi connectivity index (χ0n) is 17.6. The average Bonchev–Trinajstić information content (AvgIpc) is 3.20. The van der Waals surface area contributed by atoms with Crippen LogP contribution in [0.25, 0.3) is 5.69 Å². The van der Waals surface area contributed by atoms with E-state index in [-0.39, 0.29) is 36.1 Å². The molecule has 1 atom stereocenters. The van der Waals surface area contributed by atoms with Crippen LogP contribution in [0.1, 0.15) is 12.2 Å². The zero-order valence-corrected chi connectivity index (χ0v) is 18.4. The van der Waals surface area contributed by atoms with Crippen molar-refractivity contribution in [3.63, 3.8) is 0 Å². The van der Waals surface area contributed by atoms with Crippen molar-refractivity contribution in [3.8, 4) is 5.69 Å². The highest BCUT2D eigenvalue weighted by Crippen LogP contribution is 2.24. The van der Waals surface area contributed by atoms with Gasteiger partial charge in [-0.3, -0.25) is 29.6 Å². The van der Waals surface area contributed by atoms with Gasteiger partial charge in [0.2, 0.25) is 11.8 Å². The molecule has 4 amide bonds. The zero-order chi connectivity index (χ0) is 24.1. The van der Waals surface area contributed by atoms with Crippen LogP contribution in [0.15, 0.2) is 59.8 Å². The van der Waals surface area contributed by atoms with Crippen molar-refractivity contribution in [3.05, 3.63) is 70.5 Å². The van der Waals surface area contributed by atoms with E-state index in [0.717, 1.165) is 17.4 Å². The van der Waals surface area contributed by atoms with E-state index < -0.39 is 17.0 Å². The van der Waals surface area contributed by atoms with E-state index in [2.05, 4.69) is 26.1 Å². The van der Waals surface area contributed by atoms with E-state index in [1.165, 1.54) is 24.3 Å². The molecule has 34 heavy (non-hydrogen) atoms. The summed E-state index contributed by atoms with van der Waals surface area (Å²) in [6.07, 6.45) is 0.393. The predicted octanol–water partition coefficient (Wildman–Crippen LogP) is 2.05. The molecular formula is C21H19N7O5S. The molecule has 1 aliphatic heterocycles. The fourth-order valence-corrected chi connectivity index (χ4v) is 4.14. The summed E-state index contributed by atoms with van der Waals surface area (Å²) in [4.78, 5) is 46.0. The molecule has 1 aromatic heterocycles. The van der Waals surface area contributed by atoms with Crippen molar-refractivity contribution in [2.75, 3.05) is 11.1 Å². The normalized spacial score (nSPS) is 15.4. The largest absolute Gasteiger partial charge is 0.334 e. The van der Waals surface area contributed by atoms with Crippen LogP contribution in [-0.2, 0) is 16.0 Å². The molecule has 2 heterocycles. The molecular weight excluding hydrogens is 462 g/mol. The topological polar surface area (TPSA) is 161 Å². The van der Waals surface area contributed by atoms with Gasteiger partial charge in [-0.1, -0.05) is 30.0 Å². The summed E-state index contributed by atoms with van der Waals surface area (Å²) in [5.74, 6) is -0.134. The summed E-state index contributed by atoms with van der Waals surface area (Å²) in [6, 6.07) is 13.8. The lowest BCUT2D eigenvalue weighted by molar-refractivity contribution is -0.384. The number of thioether (sulfide) groups is 1. The first-order chi connectivity index (χ1) is 16.4. The number of para-hydroxylation sites is 1. The molecule has 1 aliphatic rings. The fraction of sp³-hybridized carbons (Fsp3) is 0.190. The maximum Gasteiger partial charge on any atom is 0.321 e. The maximum absolute atomic E-state index is 12.4. The highest BCUT2D eigenvalue weighted by atomic mass is 32.2. The molecule has 1 fully saturated rings. The number of nitro groups is 1. The number of carbonyl (C=O) groups excluding carboxylic acids is 3. The Labute approximate surface area is 197 Å². The highest BCUT2D eigenvalue weighted by molar-refractivity contribution is 7.99. The number of non-ortho nitro benzene ring substituents is 1. The fourth-order valence-electron chi connectivity index (χ4n) is 3.37. The molecule has 4 rings (SSSR count). The first kappa shape index (κ1) is 22.9. The van der Waals surface area contributed by atoms with Crippen molar-refractivity contribution >= 4 is 41.0 Å². The number of aromatic nitrogens is 3. The third-order valence-electron chi connectivity index (χ3n) is 4.86. The van der Waals surface area contributed by atoms with Crippen LogP contribution in [0.5, 0.6) is 0 Å². The van der Waals surface area contributed by atoms with Gasteiger partial charge in [-0.2, -0.15) is 0 Å². The molecule has 2 aromatic carbocycles. The van der Waals surface area contributed by atoms with Crippen molar-refractivity contribution in [2.45, 2.75) is 24.0 Å². The van der Waals surface area contributed by atoms with Gasteiger partial charge in [0.05, 0.1) is 10.7 Å². The van der Waals surface area contributed by atoms with E-state index in [9.17, 15) is 24.5 Å². The van der Waals surface area contributed by atoms with Crippen LogP contribution < -0.4 is 16.0 Å². The van der Waals surface area contributed by atoms with Gasteiger partial charge in [0, 0.05) is 42.4 Å². The first-order valence-electron chi connectivity index (χ1n) is 10.2. The number of imide groups is 1. The van der Waals surface area contributed by atoms with Crippen LogP contribution in [0.3, 0.4) is 0 Å². The smallest absolute Gasteiger partial charge is 0.321 e. The van der Waals surface area contributed by atoms with Gasteiger partial charge in [0.25, 0.3) is 5.69 Å². The average molecular weight is 481 g/mol. The molecule has 1 saturated heterocycles. The van der Waals surface area contributed by atoms with E-state index >= 15 is 0 Å². The third-order valence-corrected chi connectivity index (χ3v) is 5.79. The van der Waals surface area contributed by atoms with E-state index in [1.54, 1.807) is 4.57 Å². The van der Waals surface area contributed by atoms with Crippen LogP contribution in [-0.4, -0.2) is 49.3 Å². The number of anilines is 1. The molecule has 1 unspecified atom stereocenters. The molecule has 0 saturated carbocycles. The molecule has 13 heteroatoms. The number of amides is 4. The van der Waals surface area contributed by atoms with Crippen LogP contribution in [0.4, 0.5) is 16.2 Å². The molecule has 174 valence electrons. The van der Waals surface area contributed by atoms with E-state index in [4.69, 9.17) is 0 Å². The third kappa shape index (κ3) is 5.56. The van der Waals surface area contributed by atoms with Gasteiger partial charge >= 0.3 is 6.03 Å². The lowest BCUT2D eigenvalue weighted by atomic mass is 10.1. The number of nitrogens with zero attached hydrogens (tertiary/aromatic N) is 4. The van der Waals surface area contributed by atoms with Crippen molar-refractivity contribution in [2.24, 2.45) is 0 Å². The van der Waals surface area contributed by atoms with Crippen LogP contribution in [0.2, 0.25) is 0 Å². The summed E-state index contributed by atoms with van der Waals surface area (Å²) in [5.41, 5.74) is 1.14. The molecule has 0 spiro atoms. The number of benzene rings is 2. The Kier molecular flexibility index (Phi) is 6.82. The Morgan fingerprint density at radius 3 is 2.56 bits per heavy atom. The number of nitrogens with one attached hydrogen (secondary N) is 3. The Morgan fingerprint density at radius 1 is 1.15 bits per heavy atom. The van der Waals surface area contributed by atoms with Crippen LogP contribution in [0, 0.1) is 10.1 Å². The molecule has 12 nitrogen and oxygen atoms in total. The summed E-state index contributed by atoms with van der Waals surface area (Å²) < 4.78 is 1.78. The number of rotatable bonds is 8. The Balaban J connectivity index is 1.48. The second-order valence-electron chi connectivity index (χ2n) is 7.34. The maximum atomic E-state index is 12.4. The number of urea groups is 1. The Bertz CT molecular complexity index is 1210. The number of nitro benzene ring substituents is 1. The first-order valence-corrected chi connectivity index (χ1v) is 11.1. The van der Waals surface area contributed by atoms with Gasteiger partial charge in [-0.25, -0.2) is 4.79 Å². The van der Waals surface area contributed by atoms with Crippen molar-refractivity contribution < 1.29 is 19.3 Å². The summed E-state index contributed by atoms with van der Waals surface area (Å²) in [5, 5.41) is 27.3. The SMILES string of the molecule is O=C1CC(Cc2nnc(SCC(=O)Nc3ccc([N+](=O)[O-])cc3)n2-c2ccccc2)NC(=O)N1. The van der Waals surface area contributed by atoms with Crippen LogP contribution >= 0.6 is 11.8 Å². The molecule has 0 aliphatic carbocycles. The minimum atomic E-state index is -0.551. The predicted molar refractivity (Wildman–Crippen MR) is 123 cm³/mol. The lowest BCUT2D eigenvalue weighted by Crippen LogP contribution is -2.53. The van der Waals surface area contributed by atoms with E-state index in [0.29, 0.717) is 16.7 Å². The summed E-state index contributed by atoms with van der Waals surface area (Å²) in [7, 11) is 0. The monoisotopic (exact) mass is 481 g/mol. The van der Waals surface area contributed by atoms with Gasteiger partial charge < -0.3 is 10.6 Å². The second kappa shape index (κ2) is 10.1.